The molecule has 0 saturated heterocycles. The normalized spacial score (nSPS) is 38.1. The summed E-state index contributed by atoms with van der Waals surface area (Å²) in [6, 6.07) is 3.22. The van der Waals surface area contributed by atoms with Crippen LogP contribution < -0.4 is 5.73 Å². The number of carbonyl (C=O) groups is 3. The number of carboxylic acid groups (broad SMARTS) is 1. The number of pyridine rings is 1. The summed E-state index contributed by atoms with van der Waals surface area (Å²) in [7, 11) is 0. The molecule has 0 unspecified atom stereocenters. The van der Waals surface area contributed by atoms with Crippen molar-refractivity contribution in [2.45, 2.75) is 89.0 Å². The molecular formula is C27H34ClFN2O7. The third kappa shape index (κ3) is 5.14. The maximum Gasteiger partial charge on any atom is 0.334 e. The van der Waals surface area contributed by atoms with Gasteiger partial charge in [0.15, 0.2) is 5.54 Å². The first-order chi connectivity index (χ1) is 18.0. The second-order valence-corrected chi connectivity index (χ2v) is 12.2. The molecule has 208 valence electrons. The van der Waals surface area contributed by atoms with Gasteiger partial charge in [-0.15, -0.1) is 0 Å². The van der Waals surface area contributed by atoms with Crippen molar-refractivity contribution < 1.29 is 38.1 Å². The lowest BCUT2D eigenvalue weighted by Gasteiger charge is -2.55. The molecule has 4 bridgehead atoms. The number of esters is 2. The molecule has 5 saturated carbocycles. The van der Waals surface area contributed by atoms with E-state index in [9.17, 15) is 19.5 Å². The molecule has 0 amide bonds. The van der Waals surface area contributed by atoms with E-state index in [-0.39, 0.29) is 19.0 Å². The van der Waals surface area contributed by atoms with Gasteiger partial charge < -0.3 is 25.1 Å². The number of nitrogens with zero attached hydrogens (tertiary/aromatic N) is 1. The van der Waals surface area contributed by atoms with E-state index in [0.717, 1.165) is 38.5 Å². The number of hydrogen-bond donors (Lipinski definition) is 2. The Hall–Kier alpha value is -2.30. The van der Waals surface area contributed by atoms with E-state index in [2.05, 4.69) is 4.98 Å². The zero-order chi connectivity index (χ0) is 27.2. The highest BCUT2D eigenvalue weighted by atomic mass is 35.5. The Morgan fingerprint density at radius 2 is 1.71 bits per heavy atom. The van der Waals surface area contributed by atoms with E-state index >= 15 is 4.39 Å². The predicted octanol–water partition coefficient (Wildman–Crippen LogP) is 3.80. The summed E-state index contributed by atoms with van der Waals surface area (Å²) < 4.78 is 32.4. The monoisotopic (exact) mass is 552 g/mol. The number of aromatic nitrogens is 1. The van der Waals surface area contributed by atoms with Gasteiger partial charge in [-0.2, -0.15) is 0 Å². The number of alkyl halides is 1. The Morgan fingerprint density at radius 3 is 2.26 bits per heavy atom. The van der Waals surface area contributed by atoms with Gasteiger partial charge >= 0.3 is 17.9 Å². The maximum atomic E-state index is 15.6. The van der Waals surface area contributed by atoms with Crippen molar-refractivity contribution in [1.82, 2.24) is 4.98 Å². The van der Waals surface area contributed by atoms with Crippen LogP contribution in [0.4, 0.5) is 4.39 Å². The van der Waals surface area contributed by atoms with Gasteiger partial charge in [-0.3, -0.25) is 14.6 Å². The Labute approximate surface area is 225 Å². The fraction of sp³-hybridized carbons (Fsp3) is 0.704. The summed E-state index contributed by atoms with van der Waals surface area (Å²) in [6.07, 6.45) is 2.14. The van der Waals surface area contributed by atoms with Crippen LogP contribution in [0.3, 0.4) is 0 Å². The number of halogens is 2. The topological polar surface area (TPSA) is 138 Å². The lowest BCUT2D eigenvalue weighted by Crippen LogP contribution is -2.62. The minimum atomic E-state index is -2.28. The molecule has 6 rings (SSSR count). The summed E-state index contributed by atoms with van der Waals surface area (Å²) in [6.45, 7) is 1.31. The van der Waals surface area contributed by atoms with Crippen LogP contribution in [0.25, 0.3) is 0 Å². The molecule has 0 aromatic carbocycles. The van der Waals surface area contributed by atoms with Gasteiger partial charge in [0.25, 0.3) is 0 Å². The molecule has 5 aliphatic carbocycles. The van der Waals surface area contributed by atoms with Gasteiger partial charge in [-0.1, -0.05) is 11.6 Å². The summed E-state index contributed by atoms with van der Waals surface area (Å²) in [5, 5.41) is 9.66. The number of rotatable bonds is 9. The smallest absolute Gasteiger partial charge is 0.334 e. The van der Waals surface area contributed by atoms with Crippen molar-refractivity contribution in [2.24, 2.45) is 34.8 Å². The quantitative estimate of drug-likeness (QED) is 0.346. The van der Waals surface area contributed by atoms with Crippen molar-refractivity contribution in [2.75, 3.05) is 0 Å². The highest BCUT2D eigenvalue weighted by Crippen LogP contribution is 2.60. The minimum absolute atomic E-state index is 0.100. The number of ether oxygens (including phenoxy) is 3. The summed E-state index contributed by atoms with van der Waals surface area (Å²) in [5.74, 6) is -2.20. The molecule has 5 fully saturated rings. The van der Waals surface area contributed by atoms with Crippen LogP contribution in [-0.4, -0.2) is 52.1 Å². The van der Waals surface area contributed by atoms with Crippen molar-refractivity contribution in [3.05, 3.63) is 29.0 Å². The van der Waals surface area contributed by atoms with Crippen molar-refractivity contribution >= 4 is 29.5 Å². The second kappa shape index (κ2) is 10.4. The van der Waals surface area contributed by atoms with E-state index in [1.807, 2.05) is 0 Å². The average Bonchev–Trinajstić information content (AvgIpc) is 3.07. The predicted molar refractivity (Wildman–Crippen MR) is 132 cm³/mol. The van der Waals surface area contributed by atoms with Gasteiger partial charge in [0.05, 0.1) is 35.3 Å². The highest BCUT2D eigenvalue weighted by molar-refractivity contribution is 6.30. The molecule has 11 heteroatoms. The van der Waals surface area contributed by atoms with Gasteiger partial charge in [0.1, 0.15) is 6.17 Å². The summed E-state index contributed by atoms with van der Waals surface area (Å²) in [4.78, 5) is 42.0. The van der Waals surface area contributed by atoms with Gasteiger partial charge in [0.2, 0.25) is 6.29 Å². The van der Waals surface area contributed by atoms with Crippen LogP contribution in [0.2, 0.25) is 5.02 Å². The molecule has 38 heavy (non-hydrogen) atoms. The second-order valence-electron chi connectivity index (χ2n) is 11.8. The fourth-order valence-corrected chi connectivity index (χ4v) is 7.72. The molecule has 9 nitrogen and oxygen atoms in total. The lowest BCUT2D eigenvalue weighted by molar-refractivity contribution is -0.207. The fourth-order valence-electron chi connectivity index (χ4n) is 7.61. The van der Waals surface area contributed by atoms with Gasteiger partial charge in [0, 0.05) is 19.0 Å². The standard InChI is InChI=1S/C27H34ClFN2O7/c1-14(37-24(34)26-9-15-4-16(10-26)6-17(5-15)11-26)38-25(35)27(30)21(7-18(23(27)29)8-22(32)33)36-13-20-3-2-19(28)12-31-20/h2-3,12,14-18,21,23H,4-11,13,30H2,1H3,(H,32,33)/t14-,15?,16?,17?,18-,21+,23+,26?,27-/m0/s1. The van der Waals surface area contributed by atoms with Crippen LogP contribution in [0.15, 0.2) is 18.3 Å². The zero-order valence-electron chi connectivity index (χ0n) is 21.3. The minimum Gasteiger partial charge on any atom is -0.481 e. The first-order valence-corrected chi connectivity index (χ1v) is 13.6. The number of hydrogen-bond acceptors (Lipinski definition) is 8. The lowest BCUT2D eigenvalue weighted by atomic mass is 9.49. The number of carbonyl (C=O) groups excluding carboxylic acids is 2. The SMILES string of the molecule is C[C@@H](OC(=O)C12CC3CC(CC(C3)C1)C2)OC(=O)[C@@]1(N)[C@H](F)[C@H](CC(=O)O)C[C@H]1OCc1ccc(Cl)cn1. The molecule has 0 spiro atoms. The average molecular weight is 553 g/mol. The summed E-state index contributed by atoms with van der Waals surface area (Å²) in [5.41, 5.74) is 3.96. The van der Waals surface area contributed by atoms with E-state index in [1.54, 1.807) is 12.1 Å². The van der Waals surface area contributed by atoms with Crippen LogP contribution in [-0.2, 0) is 35.2 Å². The van der Waals surface area contributed by atoms with E-state index < -0.39 is 53.8 Å². The molecule has 1 heterocycles. The van der Waals surface area contributed by atoms with E-state index in [4.69, 9.17) is 31.5 Å². The van der Waals surface area contributed by atoms with E-state index in [1.165, 1.54) is 13.1 Å². The molecule has 3 N–H and O–H groups in total. The van der Waals surface area contributed by atoms with Gasteiger partial charge in [-0.25, -0.2) is 9.18 Å². The Bertz CT molecular complexity index is 1050. The Kier molecular flexibility index (Phi) is 7.43. The number of aliphatic carboxylic acids is 1. The third-order valence-electron chi connectivity index (χ3n) is 8.95. The Balaban J connectivity index is 1.26. The van der Waals surface area contributed by atoms with Crippen LogP contribution in [0.5, 0.6) is 0 Å². The zero-order valence-corrected chi connectivity index (χ0v) is 22.1. The first kappa shape index (κ1) is 27.3. The first-order valence-electron chi connectivity index (χ1n) is 13.3. The number of nitrogens with two attached hydrogens (primary N) is 1. The largest absolute Gasteiger partial charge is 0.481 e. The number of carboxylic acids is 1. The van der Waals surface area contributed by atoms with Crippen molar-refractivity contribution in [3.63, 3.8) is 0 Å². The van der Waals surface area contributed by atoms with Crippen LogP contribution >= 0.6 is 11.6 Å². The third-order valence-corrected chi connectivity index (χ3v) is 9.17. The molecule has 5 atom stereocenters. The molecule has 0 radical (unpaired) electrons. The molecule has 5 aliphatic rings. The molecule has 0 aliphatic heterocycles. The molecular weight excluding hydrogens is 519 g/mol. The highest BCUT2D eigenvalue weighted by Gasteiger charge is 2.61. The van der Waals surface area contributed by atoms with E-state index in [0.29, 0.717) is 28.5 Å². The summed E-state index contributed by atoms with van der Waals surface area (Å²) >= 11 is 5.86. The maximum absolute atomic E-state index is 15.6. The molecule has 1 aromatic rings. The Morgan fingerprint density at radius 1 is 1.11 bits per heavy atom. The van der Waals surface area contributed by atoms with Crippen LogP contribution in [0.1, 0.15) is 64.0 Å². The van der Waals surface area contributed by atoms with Crippen LogP contribution in [0, 0.1) is 29.1 Å². The molecule has 1 aromatic heterocycles. The van der Waals surface area contributed by atoms with Crippen molar-refractivity contribution in [1.29, 1.82) is 0 Å². The van der Waals surface area contributed by atoms with Gasteiger partial charge in [-0.05, 0) is 74.8 Å². The van der Waals surface area contributed by atoms with Crippen molar-refractivity contribution in [3.8, 4) is 0 Å².